The second-order valence-electron chi connectivity index (χ2n) is 5.15. The van der Waals surface area contributed by atoms with Gasteiger partial charge in [-0.15, -0.1) is 0 Å². The largest absolute Gasteiger partial charge is 0.381 e. The normalized spacial score (nSPS) is 21.4. The second kappa shape index (κ2) is 6.06. The predicted octanol–water partition coefficient (Wildman–Crippen LogP) is 3.15. The van der Waals surface area contributed by atoms with Gasteiger partial charge in [-0.1, -0.05) is 31.5 Å². The lowest BCUT2D eigenvalue weighted by molar-refractivity contribution is 0.261. The highest BCUT2D eigenvalue weighted by atomic mass is 15.1. The summed E-state index contributed by atoms with van der Waals surface area (Å²) in [4.78, 5) is 2.42. The van der Waals surface area contributed by atoms with Crippen molar-refractivity contribution < 1.29 is 0 Å². The lowest BCUT2D eigenvalue weighted by atomic mass is 10.0. The van der Waals surface area contributed by atoms with Crippen LogP contribution in [0.4, 0.5) is 5.69 Å². The molecule has 17 heavy (non-hydrogen) atoms. The van der Waals surface area contributed by atoms with Crippen LogP contribution in [-0.2, 0) is 6.42 Å². The molecule has 0 bridgehead atoms. The van der Waals surface area contributed by atoms with Gasteiger partial charge in [-0.05, 0) is 44.5 Å². The maximum atomic E-state index is 3.72. The Labute approximate surface area is 105 Å². The molecule has 1 saturated heterocycles. The summed E-state index contributed by atoms with van der Waals surface area (Å²) in [6, 6.07) is 9.36. The Morgan fingerprint density at radius 3 is 2.94 bits per heavy atom. The van der Waals surface area contributed by atoms with E-state index in [9.17, 15) is 0 Å². The Morgan fingerprint density at radius 1 is 1.35 bits per heavy atom. The molecule has 1 unspecified atom stereocenters. The van der Waals surface area contributed by atoms with E-state index >= 15 is 0 Å². The number of benzene rings is 1. The Morgan fingerprint density at radius 2 is 2.18 bits per heavy atom. The molecule has 1 aromatic rings. The molecular formula is C15H24N2. The van der Waals surface area contributed by atoms with Gasteiger partial charge in [-0.3, -0.25) is 0 Å². The van der Waals surface area contributed by atoms with Crippen LogP contribution in [0.5, 0.6) is 0 Å². The number of para-hydroxylation sites is 1. The average Bonchev–Trinajstić information content (AvgIpc) is 2.32. The number of nitrogens with one attached hydrogen (secondary N) is 1. The molecule has 0 aliphatic carbocycles. The van der Waals surface area contributed by atoms with Gasteiger partial charge in [0.05, 0.1) is 0 Å². The quantitative estimate of drug-likeness (QED) is 0.858. The summed E-state index contributed by atoms with van der Waals surface area (Å²) in [5, 5.41) is 3.72. The van der Waals surface area contributed by atoms with Gasteiger partial charge in [0.15, 0.2) is 0 Å². The zero-order chi connectivity index (χ0) is 12.1. The number of hydrogen-bond donors (Lipinski definition) is 1. The van der Waals surface area contributed by atoms with Crippen LogP contribution in [-0.4, -0.2) is 31.1 Å². The molecule has 0 saturated carbocycles. The van der Waals surface area contributed by atoms with Crippen molar-refractivity contribution in [3.63, 3.8) is 0 Å². The van der Waals surface area contributed by atoms with E-state index in [2.05, 4.69) is 48.5 Å². The number of likely N-dealkylation sites (N-methyl/N-ethyl adjacent to an activating group) is 1. The van der Waals surface area contributed by atoms with Crippen LogP contribution in [0.3, 0.4) is 0 Å². The zero-order valence-electron chi connectivity index (χ0n) is 11.1. The molecule has 0 spiro atoms. The fraction of sp³-hybridized carbons (Fsp3) is 0.600. The van der Waals surface area contributed by atoms with Crippen LogP contribution in [0.15, 0.2) is 24.3 Å². The topological polar surface area (TPSA) is 15.3 Å². The standard InChI is InChI=1S/C15H24N2/c1-3-7-13-8-4-5-10-15(13)16-14-9-6-11-17(2)12-14/h4-5,8,10,14,16H,3,6-7,9,11-12H2,1-2H3. The Balaban J connectivity index is 2.01. The molecule has 1 atom stereocenters. The number of likely N-dealkylation sites (tertiary alicyclic amines) is 1. The number of piperidine rings is 1. The fourth-order valence-corrected chi connectivity index (χ4v) is 2.65. The smallest absolute Gasteiger partial charge is 0.0388 e. The number of nitrogens with zero attached hydrogens (tertiary/aromatic N) is 1. The van der Waals surface area contributed by atoms with E-state index in [0.29, 0.717) is 6.04 Å². The van der Waals surface area contributed by atoms with Crippen LogP contribution < -0.4 is 5.32 Å². The first kappa shape index (κ1) is 12.4. The first-order valence-electron chi connectivity index (χ1n) is 6.82. The van der Waals surface area contributed by atoms with Gasteiger partial charge in [0.25, 0.3) is 0 Å². The number of aryl methyl sites for hydroxylation is 1. The summed E-state index contributed by atoms with van der Waals surface area (Å²) in [6.07, 6.45) is 4.99. The zero-order valence-corrected chi connectivity index (χ0v) is 11.1. The minimum Gasteiger partial charge on any atom is -0.381 e. The van der Waals surface area contributed by atoms with Crippen LogP contribution in [0, 0.1) is 0 Å². The lowest BCUT2D eigenvalue weighted by Gasteiger charge is -2.31. The molecule has 2 heteroatoms. The summed E-state index contributed by atoms with van der Waals surface area (Å²) >= 11 is 0. The molecule has 0 radical (unpaired) electrons. The summed E-state index contributed by atoms with van der Waals surface area (Å²) in [5.74, 6) is 0. The SMILES string of the molecule is CCCc1ccccc1NC1CCCN(C)C1. The minimum absolute atomic E-state index is 0.617. The summed E-state index contributed by atoms with van der Waals surface area (Å²) in [7, 11) is 2.21. The number of anilines is 1. The van der Waals surface area contributed by atoms with Crippen molar-refractivity contribution in [2.45, 2.75) is 38.6 Å². The predicted molar refractivity (Wildman–Crippen MR) is 74.6 cm³/mol. The highest BCUT2D eigenvalue weighted by Crippen LogP contribution is 2.20. The van der Waals surface area contributed by atoms with Crippen molar-refractivity contribution in [2.24, 2.45) is 0 Å². The van der Waals surface area contributed by atoms with Crippen molar-refractivity contribution >= 4 is 5.69 Å². The maximum Gasteiger partial charge on any atom is 0.0388 e. The molecule has 1 N–H and O–H groups in total. The number of rotatable bonds is 4. The minimum atomic E-state index is 0.617. The third kappa shape index (κ3) is 3.47. The second-order valence-corrected chi connectivity index (χ2v) is 5.15. The van der Waals surface area contributed by atoms with Gasteiger partial charge in [-0.2, -0.15) is 0 Å². The Hall–Kier alpha value is -1.02. The van der Waals surface area contributed by atoms with Crippen LogP contribution in [0.25, 0.3) is 0 Å². The molecule has 2 nitrogen and oxygen atoms in total. The first-order valence-corrected chi connectivity index (χ1v) is 6.82. The van der Waals surface area contributed by atoms with Gasteiger partial charge >= 0.3 is 0 Å². The molecule has 2 rings (SSSR count). The van der Waals surface area contributed by atoms with Gasteiger partial charge in [0.1, 0.15) is 0 Å². The maximum absolute atomic E-state index is 3.72. The highest BCUT2D eigenvalue weighted by Gasteiger charge is 2.17. The Bertz CT molecular complexity index is 349. The van der Waals surface area contributed by atoms with Gasteiger partial charge in [-0.25, -0.2) is 0 Å². The molecule has 1 fully saturated rings. The van der Waals surface area contributed by atoms with Crippen molar-refractivity contribution in [2.75, 3.05) is 25.5 Å². The summed E-state index contributed by atoms with van der Waals surface area (Å²) < 4.78 is 0. The van der Waals surface area contributed by atoms with Gasteiger partial charge in [0.2, 0.25) is 0 Å². The van der Waals surface area contributed by atoms with Crippen LogP contribution in [0.1, 0.15) is 31.7 Å². The lowest BCUT2D eigenvalue weighted by Crippen LogP contribution is -2.39. The molecule has 94 valence electrons. The van der Waals surface area contributed by atoms with Crippen molar-refractivity contribution in [1.82, 2.24) is 4.90 Å². The third-order valence-corrected chi connectivity index (χ3v) is 3.52. The summed E-state index contributed by atoms with van der Waals surface area (Å²) in [6.45, 7) is 4.65. The van der Waals surface area contributed by atoms with E-state index in [1.165, 1.54) is 50.0 Å². The molecule has 0 aromatic heterocycles. The van der Waals surface area contributed by atoms with Crippen molar-refractivity contribution in [1.29, 1.82) is 0 Å². The van der Waals surface area contributed by atoms with E-state index in [4.69, 9.17) is 0 Å². The monoisotopic (exact) mass is 232 g/mol. The van der Waals surface area contributed by atoms with E-state index in [-0.39, 0.29) is 0 Å². The summed E-state index contributed by atoms with van der Waals surface area (Å²) in [5.41, 5.74) is 2.80. The van der Waals surface area contributed by atoms with Crippen molar-refractivity contribution in [3.05, 3.63) is 29.8 Å². The highest BCUT2D eigenvalue weighted by molar-refractivity contribution is 5.52. The Kier molecular flexibility index (Phi) is 4.43. The van der Waals surface area contributed by atoms with Gasteiger partial charge < -0.3 is 10.2 Å². The van der Waals surface area contributed by atoms with E-state index in [0.717, 1.165) is 0 Å². The number of hydrogen-bond acceptors (Lipinski definition) is 2. The molecule has 0 amide bonds. The fourth-order valence-electron chi connectivity index (χ4n) is 2.65. The van der Waals surface area contributed by atoms with E-state index in [1.807, 2.05) is 0 Å². The average molecular weight is 232 g/mol. The molecule has 1 aliphatic heterocycles. The first-order chi connectivity index (χ1) is 8.29. The molecule has 1 aromatic carbocycles. The molecular weight excluding hydrogens is 208 g/mol. The van der Waals surface area contributed by atoms with Gasteiger partial charge in [0, 0.05) is 18.3 Å². The van der Waals surface area contributed by atoms with E-state index < -0.39 is 0 Å². The van der Waals surface area contributed by atoms with E-state index in [1.54, 1.807) is 0 Å². The van der Waals surface area contributed by atoms with Crippen LogP contribution in [0.2, 0.25) is 0 Å². The third-order valence-electron chi connectivity index (χ3n) is 3.52. The molecule has 1 aliphatic rings. The van der Waals surface area contributed by atoms with Crippen LogP contribution >= 0.6 is 0 Å². The van der Waals surface area contributed by atoms with Crippen molar-refractivity contribution in [3.8, 4) is 0 Å². The molecule has 1 heterocycles.